The van der Waals surface area contributed by atoms with Gasteiger partial charge in [-0.25, -0.2) is 0 Å². The summed E-state index contributed by atoms with van der Waals surface area (Å²) in [5.74, 6) is 5.79. The SMILES string of the molecule is CCN(CC)C1CCN(Cc2sccc2C#CCO)C1. The van der Waals surface area contributed by atoms with Crippen molar-refractivity contribution in [3.05, 3.63) is 21.9 Å². The van der Waals surface area contributed by atoms with Crippen molar-refractivity contribution in [1.82, 2.24) is 9.80 Å². The standard InChI is InChI=1S/C16H24N2OS/c1-3-18(4-2)15-7-9-17(12-15)13-16-14(6-5-10-19)8-11-20-16/h8,11,15,19H,3-4,7,9-10,12-13H2,1-2H3. The summed E-state index contributed by atoms with van der Waals surface area (Å²) in [6.07, 6.45) is 1.27. The molecule has 0 radical (unpaired) electrons. The first kappa shape index (κ1) is 15.5. The third-order valence-corrected chi connectivity index (χ3v) is 4.90. The second-order valence-electron chi connectivity index (χ2n) is 5.12. The van der Waals surface area contributed by atoms with Crippen LogP contribution in [-0.4, -0.2) is 53.7 Å². The molecule has 0 saturated carbocycles. The van der Waals surface area contributed by atoms with Gasteiger partial charge in [0.2, 0.25) is 0 Å². The number of hydrogen-bond donors (Lipinski definition) is 1. The molecule has 3 nitrogen and oxygen atoms in total. The maximum Gasteiger partial charge on any atom is 0.104 e. The summed E-state index contributed by atoms with van der Waals surface area (Å²) in [6, 6.07) is 2.76. The van der Waals surface area contributed by atoms with Crippen molar-refractivity contribution in [2.75, 3.05) is 32.8 Å². The Hall–Kier alpha value is -0.860. The van der Waals surface area contributed by atoms with Crippen LogP contribution in [0.1, 0.15) is 30.7 Å². The van der Waals surface area contributed by atoms with Crippen LogP contribution >= 0.6 is 11.3 Å². The van der Waals surface area contributed by atoms with E-state index in [-0.39, 0.29) is 6.61 Å². The molecule has 0 bridgehead atoms. The fourth-order valence-corrected chi connectivity index (χ4v) is 3.78. The van der Waals surface area contributed by atoms with Gasteiger partial charge in [-0.15, -0.1) is 11.3 Å². The van der Waals surface area contributed by atoms with Crippen LogP contribution in [0, 0.1) is 11.8 Å². The van der Waals surface area contributed by atoms with Crippen molar-refractivity contribution >= 4 is 11.3 Å². The van der Waals surface area contributed by atoms with E-state index in [0.29, 0.717) is 6.04 Å². The number of likely N-dealkylation sites (N-methyl/N-ethyl adjacent to an activating group) is 1. The molecule has 1 aliphatic rings. The first-order valence-electron chi connectivity index (χ1n) is 7.41. The second kappa shape index (κ2) is 7.80. The summed E-state index contributed by atoms with van der Waals surface area (Å²) in [7, 11) is 0. The minimum absolute atomic E-state index is 0.0664. The van der Waals surface area contributed by atoms with Gasteiger partial charge in [-0.3, -0.25) is 9.80 Å². The Labute approximate surface area is 126 Å². The van der Waals surface area contributed by atoms with Gasteiger partial charge in [0.25, 0.3) is 0 Å². The smallest absolute Gasteiger partial charge is 0.104 e. The zero-order valence-electron chi connectivity index (χ0n) is 12.4. The molecule has 1 atom stereocenters. The molecule has 1 saturated heterocycles. The van der Waals surface area contributed by atoms with Gasteiger partial charge in [0.05, 0.1) is 0 Å². The van der Waals surface area contributed by atoms with Crippen LogP contribution in [0.25, 0.3) is 0 Å². The molecule has 1 aromatic rings. The average molecular weight is 292 g/mol. The Kier molecular flexibility index (Phi) is 6.06. The molecule has 1 fully saturated rings. The van der Waals surface area contributed by atoms with Crippen molar-refractivity contribution in [2.24, 2.45) is 0 Å². The van der Waals surface area contributed by atoms with Crippen LogP contribution in [0.15, 0.2) is 11.4 Å². The molecule has 1 N–H and O–H groups in total. The molecule has 1 aliphatic heterocycles. The summed E-state index contributed by atoms with van der Waals surface area (Å²) in [5, 5.41) is 10.9. The largest absolute Gasteiger partial charge is 0.384 e. The Morgan fingerprint density at radius 1 is 1.45 bits per heavy atom. The van der Waals surface area contributed by atoms with E-state index in [4.69, 9.17) is 5.11 Å². The van der Waals surface area contributed by atoms with Crippen molar-refractivity contribution < 1.29 is 5.11 Å². The molecule has 0 aliphatic carbocycles. The Bertz CT molecular complexity index is 470. The zero-order valence-corrected chi connectivity index (χ0v) is 13.2. The van der Waals surface area contributed by atoms with Crippen LogP contribution in [0.5, 0.6) is 0 Å². The number of thiophene rings is 1. The Morgan fingerprint density at radius 2 is 2.25 bits per heavy atom. The number of aliphatic hydroxyl groups is 1. The summed E-state index contributed by atoms with van der Waals surface area (Å²) in [4.78, 5) is 6.41. The molecule has 2 heterocycles. The molecule has 110 valence electrons. The lowest BCUT2D eigenvalue weighted by molar-refractivity contribution is 0.209. The molecular weight excluding hydrogens is 268 g/mol. The highest BCUT2D eigenvalue weighted by atomic mass is 32.1. The first-order valence-corrected chi connectivity index (χ1v) is 8.28. The van der Waals surface area contributed by atoms with Crippen molar-refractivity contribution in [2.45, 2.75) is 32.9 Å². The van der Waals surface area contributed by atoms with Crippen LogP contribution < -0.4 is 0 Å². The molecule has 2 rings (SSSR count). The van der Waals surface area contributed by atoms with E-state index in [1.165, 1.54) is 17.8 Å². The normalized spacial score (nSPS) is 19.3. The van der Waals surface area contributed by atoms with Crippen LogP contribution in [-0.2, 0) is 6.54 Å². The highest BCUT2D eigenvalue weighted by Crippen LogP contribution is 2.22. The van der Waals surface area contributed by atoms with E-state index in [2.05, 4.69) is 46.9 Å². The fraction of sp³-hybridized carbons (Fsp3) is 0.625. The lowest BCUT2D eigenvalue weighted by atomic mass is 10.2. The van der Waals surface area contributed by atoms with Gasteiger partial charge in [-0.1, -0.05) is 25.7 Å². The van der Waals surface area contributed by atoms with Crippen molar-refractivity contribution in [3.63, 3.8) is 0 Å². The Morgan fingerprint density at radius 3 is 2.95 bits per heavy atom. The molecule has 0 aromatic carbocycles. The van der Waals surface area contributed by atoms with Crippen LogP contribution in [0.2, 0.25) is 0 Å². The van der Waals surface area contributed by atoms with E-state index in [1.807, 2.05) is 0 Å². The van der Waals surface area contributed by atoms with Gasteiger partial charge in [0, 0.05) is 36.1 Å². The highest BCUT2D eigenvalue weighted by Gasteiger charge is 2.26. The fourth-order valence-electron chi connectivity index (χ4n) is 2.91. The van der Waals surface area contributed by atoms with Gasteiger partial charge in [0.15, 0.2) is 0 Å². The number of hydrogen-bond acceptors (Lipinski definition) is 4. The molecule has 20 heavy (non-hydrogen) atoms. The summed E-state index contributed by atoms with van der Waals surface area (Å²) < 4.78 is 0. The van der Waals surface area contributed by atoms with E-state index < -0.39 is 0 Å². The highest BCUT2D eigenvalue weighted by molar-refractivity contribution is 7.10. The van der Waals surface area contributed by atoms with E-state index >= 15 is 0 Å². The number of likely N-dealkylation sites (tertiary alicyclic amines) is 1. The third kappa shape index (κ3) is 3.83. The summed E-state index contributed by atoms with van der Waals surface area (Å²) >= 11 is 1.77. The third-order valence-electron chi connectivity index (χ3n) is 3.99. The van der Waals surface area contributed by atoms with Crippen LogP contribution in [0.3, 0.4) is 0 Å². The molecule has 0 spiro atoms. The molecule has 1 unspecified atom stereocenters. The molecule has 0 amide bonds. The van der Waals surface area contributed by atoms with Gasteiger partial charge >= 0.3 is 0 Å². The zero-order chi connectivity index (χ0) is 14.4. The van der Waals surface area contributed by atoms with Gasteiger partial charge < -0.3 is 5.11 Å². The van der Waals surface area contributed by atoms with Crippen LogP contribution in [0.4, 0.5) is 0 Å². The van der Waals surface area contributed by atoms with Crippen molar-refractivity contribution in [1.29, 1.82) is 0 Å². The Balaban J connectivity index is 1.94. The topological polar surface area (TPSA) is 26.7 Å². The van der Waals surface area contributed by atoms with E-state index in [9.17, 15) is 0 Å². The lowest BCUT2D eigenvalue weighted by Gasteiger charge is -2.26. The minimum atomic E-state index is -0.0664. The summed E-state index contributed by atoms with van der Waals surface area (Å²) in [6.45, 7) is 10.0. The predicted molar refractivity (Wildman–Crippen MR) is 84.9 cm³/mol. The lowest BCUT2D eigenvalue weighted by Crippen LogP contribution is -2.37. The maximum absolute atomic E-state index is 8.80. The van der Waals surface area contributed by atoms with Gasteiger partial charge in [-0.2, -0.15) is 0 Å². The van der Waals surface area contributed by atoms with Crippen molar-refractivity contribution in [3.8, 4) is 11.8 Å². The minimum Gasteiger partial charge on any atom is -0.384 e. The average Bonchev–Trinajstić information content (AvgIpc) is 3.08. The predicted octanol–water partition coefficient (Wildman–Crippen LogP) is 2.01. The van der Waals surface area contributed by atoms with Gasteiger partial charge in [0.1, 0.15) is 6.61 Å². The number of rotatable bonds is 5. The molecular formula is C16H24N2OS. The quantitative estimate of drug-likeness (QED) is 0.841. The number of nitrogens with zero attached hydrogens (tertiary/aromatic N) is 2. The monoisotopic (exact) mass is 292 g/mol. The number of aliphatic hydroxyl groups excluding tert-OH is 1. The summed E-state index contributed by atoms with van der Waals surface area (Å²) in [5.41, 5.74) is 1.08. The van der Waals surface area contributed by atoms with E-state index in [1.54, 1.807) is 11.3 Å². The molecule has 4 heteroatoms. The van der Waals surface area contributed by atoms with E-state index in [0.717, 1.165) is 31.7 Å². The maximum atomic E-state index is 8.80. The second-order valence-corrected chi connectivity index (χ2v) is 6.12. The van der Waals surface area contributed by atoms with Gasteiger partial charge in [-0.05, 0) is 31.0 Å². The first-order chi connectivity index (χ1) is 9.78. The molecule has 1 aromatic heterocycles.